The van der Waals surface area contributed by atoms with Gasteiger partial charge in [-0.15, -0.1) is 0 Å². The van der Waals surface area contributed by atoms with Crippen LogP contribution < -0.4 is 21.7 Å². The van der Waals surface area contributed by atoms with Crippen LogP contribution in [0.25, 0.3) is 0 Å². The average Bonchev–Trinajstić information content (AvgIpc) is 2.79. The molecule has 6 N–H and O–H groups in total. The van der Waals surface area contributed by atoms with Crippen LogP contribution in [0.1, 0.15) is 32.8 Å². The van der Waals surface area contributed by atoms with Gasteiger partial charge in [0.1, 0.15) is 18.7 Å². The molecule has 188 valence electrons. The third kappa shape index (κ3) is 11.1. The van der Waals surface area contributed by atoms with Gasteiger partial charge in [-0.1, -0.05) is 55.9 Å². The minimum Gasteiger partial charge on any atom is -0.480 e. The number of carbonyl (C=O) groups is 5. The van der Waals surface area contributed by atoms with Gasteiger partial charge in [0.2, 0.25) is 16.9 Å². The summed E-state index contributed by atoms with van der Waals surface area (Å²) in [6.45, 7) is 4.85. The van der Waals surface area contributed by atoms with Gasteiger partial charge in [0, 0.05) is 5.75 Å². The van der Waals surface area contributed by atoms with Crippen molar-refractivity contribution in [1.29, 1.82) is 0 Å². The first-order valence-electron chi connectivity index (χ1n) is 10.7. The summed E-state index contributed by atoms with van der Waals surface area (Å²) in [5.74, 6) is -2.81. The van der Waals surface area contributed by atoms with Gasteiger partial charge in [0.25, 0.3) is 0 Å². The fraction of sp³-hybridized carbons (Fsp3) is 0.500. The second kappa shape index (κ2) is 14.9. The highest BCUT2D eigenvalue weighted by Crippen LogP contribution is 2.11. The number of aliphatic carboxylic acids is 1. The molecule has 12 heteroatoms. The zero-order chi connectivity index (χ0) is 25.7. The molecule has 0 radical (unpaired) electrons. The Balaban J connectivity index is 2.58. The van der Waals surface area contributed by atoms with E-state index in [1.165, 1.54) is 6.92 Å². The summed E-state index contributed by atoms with van der Waals surface area (Å²) in [4.78, 5) is 60.0. The van der Waals surface area contributed by atoms with E-state index in [0.717, 1.165) is 5.56 Å². The monoisotopic (exact) mass is 496 g/mol. The Morgan fingerprint density at radius 1 is 1.00 bits per heavy atom. The number of amides is 3. The lowest BCUT2D eigenvalue weighted by molar-refractivity contribution is -0.141. The molecule has 0 aliphatic rings. The first-order valence-corrected chi connectivity index (χ1v) is 11.7. The fourth-order valence-electron chi connectivity index (χ4n) is 2.69. The number of ether oxygens (including phenoxy) is 1. The average molecular weight is 497 g/mol. The molecule has 1 aromatic rings. The lowest BCUT2D eigenvalue weighted by atomic mass is 10.0. The van der Waals surface area contributed by atoms with Crippen molar-refractivity contribution in [2.24, 2.45) is 11.7 Å². The van der Waals surface area contributed by atoms with Crippen LogP contribution in [0.2, 0.25) is 0 Å². The van der Waals surface area contributed by atoms with Crippen molar-refractivity contribution in [3.05, 3.63) is 35.9 Å². The summed E-state index contributed by atoms with van der Waals surface area (Å²) in [6.07, 6.45) is -0.511. The van der Waals surface area contributed by atoms with Gasteiger partial charge in [-0.3, -0.25) is 14.4 Å². The number of alkyl carbamates (subject to hydrolysis) is 1. The van der Waals surface area contributed by atoms with Gasteiger partial charge in [-0.25, -0.2) is 9.59 Å². The number of nitrogens with one attached hydrogen (secondary N) is 3. The SMILES string of the molecule is CC(C)C[C@H](NC(=O)CN)C(=O)N[C@@H](CSC(=O)[C@H](C)NC(=O)OCc1ccccc1)C(=O)O. The van der Waals surface area contributed by atoms with E-state index in [2.05, 4.69) is 16.0 Å². The number of rotatable bonds is 13. The minimum absolute atomic E-state index is 0.0338. The molecule has 3 atom stereocenters. The summed E-state index contributed by atoms with van der Waals surface area (Å²) in [5.41, 5.74) is 6.06. The first-order chi connectivity index (χ1) is 16.0. The van der Waals surface area contributed by atoms with E-state index in [1.54, 1.807) is 24.3 Å². The highest BCUT2D eigenvalue weighted by Gasteiger charge is 2.28. The maximum atomic E-state index is 12.6. The third-order valence-electron chi connectivity index (χ3n) is 4.45. The summed E-state index contributed by atoms with van der Waals surface area (Å²) < 4.78 is 5.06. The van der Waals surface area contributed by atoms with Crippen LogP contribution in [-0.2, 0) is 30.5 Å². The molecule has 1 aromatic carbocycles. The quantitative estimate of drug-likeness (QED) is 0.262. The number of thioether (sulfide) groups is 1. The van der Waals surface area contributed by atoms with Gasteiger partial charge in [-0.2, -0.15) is 0 Å². The van der Waals surface area contributed by atoms with E-state index in [1.807, 2.05) is 19.9 Å². The molecule has 0 heterocycles. The molecule has 0 spiro atoms. The Morgan fingerprint density at radius 2 is 1.65 bits per heavy atom. The van der Waals surface area contributed by atoms with E-state index in [0.29, 0.717) is 11.8 Å². The minimum atomic E-state index is -1.39. The van der Waals surface area contributed by atoms with Crippen LogP contribution in [0.3, 0.4) is 0 Å². The molecular formula is C22H32N4O7S. The van der Waals surface area contributed by atoms with Gasteiger partial charge in [-0.05, 0) is 24.8 Å². The van der Waals surface area contributed by atoms with E-state index in [4.69, 9.17) is 10.5 Å². The van der Waals surface area contributed by atoms with Crippen molar-refractivity contribution < 1.29 is 33.8 Å². The Hall–Kier alpha value is -3.12. The van der Waals surface area contributed by atoms with E-state index in [-0.39, 0.29) is 31.2 Å². The maximum absolute atomic E-state index is 12.6. The number of hydrogen-bond donors (Lipinski definition) is 5. The summed E-state index contributed by atoms with van der Waals surface area (Å²) in [7, 11) is 0. The van der Waals surface area contributed by atoms with E-state index < -0.39 is 47.1 Å². The van der Waals surface area contributed by atoms with Gasteiger partial charge in [0.15, 0.2) is 0 Å². The molecule has 0 aromatic heterocycles. The largest absolute Gasteiger partial charge is 0.480 e. The van der Waals surface area contributed by atoms with Crippen molar-refractivity contribution >= 4 is 40.8 Å². The highest BCUT2D eigenvalue weighted by atomic mass is 32.2. The van der Waals surface area contributed by atoms with Gasteiger partial charge in [0.05, 0.1) is 12.6 Å². The van der Waals surface area contributed by atoms with Crippen LogP contribution in [0.4, 0.5) is 4.79 Å². The van der Waals surface area contributed by atoms with Crippen LogP contribution in [0.15, 0.2) is 30.3 Å². The fourth-order valence-corrected chi connectivity index (χ4v) is 3.56. The van der Waals surface area contributed by atoms with Crippen LogP contribution >= 0.6 is 11.8 Å². The summed E-state index contributed by atoms with van der Waals surface area (Å²) >= 11 is 0.651. The van der Waals surface area contributed by atoms with Crippen molar-refractivity contribution in [3.8, 4) is 0 Å². The highest BCUT2D eigenvalue weighted by molar-refractivity contribution is 8.13. The standard InChI is InChI=1S/C22H32N4O7S/c1-13(2)9-16(25-18(27)10-23)19(28)26-17(20(29)30)12-34-21(31)14(3)24-22(32)33-11-15-7-5-4-6-8-15/h4-8,13-14,16-17H,9-12,23H2,1-3H3,(H,24,32)(H,25,27)(H,26,28)(H,29,30)/t14-,16-,17-/m0/s1. The second-order valence-corrected chi connectivity index (χ2v) is 8.94. The zero-order valence-corrected chi connectivity index (χ0v) is 20.2. The molecule has 0 unspecified atom stereocenters. The molecule has 11 nitrogen and oxygen atoms in total. The zero-order valence-electron chi connectivity index (χ0n) is 19.4. The topological polar surface area (TPSA) is 177 Å². The van der Waals surface area contributed by atoms with Gasteiger partial charge >= 0.3 is 12.1 Å². The maximum Gasteiger partial charge on any atom is 0.408 e. The molecule has 34 heavy (non-hydrogen) atoms. The van der Waals surface area contributed by atoms with Crippen molar-refractivity contribution in [1.82, 2.24) is 16.0 Å². The van der Waals surface area contributed by atoms with E-state index in [9.17, 15) is 29.1 Å². The molecule has 0 aliphatic heterocycles. The summed E-state index contributed by atoms with van der Waals surface area (Å²) in [6, 6.07) is 5.70. The number of carboxylic acids is 1. The Kier molecular flexibility index (Phi) is 12.7. The lowest BCUT2D eigenvalue weighted by Gasteiger charge is -2.22. The number of benzene rings is 1. The van der Waals surface area contributed by atoms with E-state index >= 15 is 0 Å². The molecular weight excluding hydrogens is 464 g/mol. The second-order valence-electron chi connectivity index (χ2n) is 7.91. The Morgan fingerprint density at radius 3 is 2.21 bits per heavy atom. The molecule has 3 amide bonds. The number of hydrogen-bond acceptors (Lipinski definition) is 8. The molecule has 0 bridgehead atoms. The molecule has 0 saturated carbocycles. The normalized spacial score (nSPS) is 13.3. The third-order valence-corrected chi connectivity index (χ3v) is 5.59. The van der Waals surface area contributed by atoms with Crippen molar-refractivity contribution in [2.45, 2.75) is 51.9 Å². The van der Waals surface area contributed by atoms with Crippen molar-refractivity contribution in [3.63, 3.8) is 0 Å². The lowest BCUT2D eigenvalue weighted by Crippen LogP contribution is -2.53. The van der Waals surface area contributed by atoms with Crippen LogP contribution in [0, 0.1) is 5.92 Å². The number of carboxylic acid groups (broad SMARTS) is 1. The van der Waals surface area contributed by atoms with Crippen molar-refractivity contribution in [2.75, 3.05) is 12.3 Å². The molecule has 1 rings (SSSR count). The Labute approximate surface area is 202 Å². The number of carbonyl (C=O) groups excluding carboxylic acids is 4. The van der Waals surface area contributed by atoms with Crippen LogP contribution in [-0.4, -0.2) is 64.5 Å². The Bertz CT molecular complexity index is 851. The summed E-state index contributed by atoms with van der Waals surface area (Å²) in [5, 5.41) is 16.1. The molecule has 0 aliphatic carbocycles. The predicted octanol–water partition coefficient (Wildman–Crippen LogP) is 0.620. The first kappa shape index (κ1) is 28.9. The molecule has 0 fully saturated rings. The molecule has 0 saturated heterocycles. The van der Waals surface area contributed by atoms with Gasteiger partial charge < -0.3 is 31.5 Å². The predicted molar refractivity (Wildman–Crippen MR) is 127 cm³/mol. The number of nitrogens with two attached hydrogens (primary N) is 1. The smallest absolute Gasteiger partial charge is 0.408 e. The van der Waals surface area contributed by atoms with Crippen LogP contribution in [0.5, 0.6) is 0 Å².